The predicted octanol–water partition coefficient (Wildman–Crippen LogP) is 6.50. The molecule has 0 aliphatic heterocycles. The highest BCUT2D eigenvalue weighted by molar-refractivity contribution is 5.97. The zero-order chi connectivity index (χ0) is 18.1. The van der Waals surface area contributed by atoms with Gasteiger partial charge in [0.05, 0.1) is 5.57 Å². The molecule has 0 bridgehead atoms. The lowest BCUT2D eigenvalue weighted by molar-refractivity contribution is 0.426. The van der Waals surface area contributed by atoms with Gasteiger partial charge in [-0.3, -0.25) is 0 Å². The summed E-state index contributed by atoms with van der Waals surface area (Å²) in [6.45, 7) is 0. The Labute approximate surface area is 150 Å². The lowest BCUT2D eigenvalue weighted by Crippen LogP contribution is -1.90. The molecule has 0 amide bonds. The topological polar surface area (TPSA) is 4.93 Å². The predicted molar refractivity (Wildman–Crippen MR) is 103 cm³/mol. The molecule has 3 heteroatoms. The zero-order valence-electron chi connectivity index (χ0n) is 14.3. The Kier molecular flexibility index (Phi) is 4.13. The Balaban J connectivity index is 1.82. The van der Waals surface area contributed by atoms with Crippen LogP contribution >= 0.6 is 0 Å². The van der Waals surface area contributed by atoms with Gasteiger partial charge in [0.2, 0.25) is 0 Å². The second-order valence-electron chi connectivity index (χ2n) is 6.25. The monoisotopic (exact) mass is 345 g/mol. The SMILES string of the molecule is Cn1cc(C(=C(F)F)c2ccc(-c3ccccc3)cc2)c2ccccc21. The molecule has 26 heavy (non-hydrogen) atoms. The summed E-state index contributed by atoms with van der Waals surface area (Å²) in [5.74, 6) is 0. The third-order valence-corrected chi connectivity index (χ3v) is 4.64. The molecule has 128 valence electrons. The van der Waals surface area contributed by atoms with E-state index in [4.69, 9.17) is 0 Å². The average Bonchev–Trinajstić information content (AvgIpc) is 3.00. The number of para-hydroxylation sites is 1. The van der Waals surface area contributed by atoms with Crippen LogP contribution in [0.15, 0.2) is 91.1 Å². The molecule has 0 N–H and O–H groups in total. The number of nitrogens with zero attached hydrogens (tertiary/aromatic N) is 1. The third kappa shape index (κ3) is 2.82. The summed E-state index contributed by atoms with van der Waals surface area (Å²) in [7, 11) is 1.87. The van der Waals surface area contributed by atoms with E-state index in [0.717, 1.165) is 22.0 Å². The Bertz CT molecular complexity index is 1090. The minimum absolute atomic E-state index is 0.0126. The minimum Gasteiger partial charge on any atom is -0.350 e. The van der Waals surface area contributed by atoms with Crippen LogP contribution < -0.4 is 0 Å². The molecule has 0 aliphatic rings. The van der Waals surface area contributed by atoms with Crippen molar-refractivity contribution in [2.45, 2.75) is 0 Å². The van der Waals surface area contributed by atoms with Gasteiger partial charge in [0, 0.05) is 29.7 Å². The maximum absolute atomic E-state index is 13.9. The molecule has 1 nitrogen and oxygen atoms in total. The summed E-state index contributed by atoms with van der Waals surface area (Å²) < 4.78 is 29.7. The van der Waals surface area contributed by atoms with Crippen molar-refractivity contribution in [3.8, 4) is 11.1 Å². The molecule has 0 spiro atoms. The molecular formula is C23H17F2N. The molecule has 0 saturated carbocycles. The first-order chi connectivity index (χ1) is 12.6. The average molecular weight is 345 g/mol. The van der Waals surface area contributed by atoms with Gasteiger partial charge in [-0.15, -0.1) is 0 Å². The third-order valence-electron chi connectivity index (χ3n) is 4.64. The smallest absolute Gasteiger partial charge is 0.278 e. The van der Waals surface area contributed by atoms with Crippen molar-refractivity contribution in [1.29, 1.82) is 0 Å². The number of halogens is 2. The first-order valence-electron chi connectivity index (χ1n) is 8.41. The summed E-state index contributed by atoms with van der Waals surface area (Å²) >= 11 is 0. The molecule has 0 radical (unpaired) electrons. The standard InChI is InChI=1S/C23H17F2N/c1-26-15-20(19-9-5-6-10-21(19)26)22(23(24)25)18-13-11-17(12-14-18)16-7-3-2-4-8-16/h2-15H,1H3. The maximum Gasteiger partial charge on any atom is 0.278 e. The second-order valence-corrected chi connectivity index (χ2v) is 6.25. The van der Waals surface area contributed by atoms with E-state index in [1.807, 2.05) is 78.3 Å². The number of hydrogen-bond donors (Lipinski definition) is 0. The molecule has 0 saturated heterocycles. The van der Waals surface area contributed by atoms with E-state index >= 15 is 0 Å². The van der Waals surface area contributed by atoms with E-state index < -0.39 is 6.08 Å². The minimum atomic E-state index is -1.67. The van der Waals surface area contributed by atoms with Crippen LogP contribution in [-0.2, 0) is 7.05 Å². The van der Waals surface area contributed by atoms with Crippen LogP contribution in [0.1, 0.15) is 11.1 Å². The van der Waals surface area contributed by atoms with Gasteiger partial charge < -0.3 is 4.57 Å². The van der Waals surface area contributed by atoms with Gasteiger partial charge in [-0.2, -0.15) is 8.78 Å². The van der Waals surface area contributed by atoms with Gasteiger partial charge in [-0.1, -0.05) is 72.8 Å². The van der Waals surface area contributed by atoms with E-state index in [1.165, 1.54) is 0 Å². The molecule has 3 aromatic carbocycles. The zero-order valence-corrected chi connectivity index (χ0v) is 14.3. The molecular weight excluding hydrogens is 328 g/mol. The Morgan fingerprint density at radius 3 is 2.04 bits per heavy atom. The number of benzene rings is 3. The van der Waals surface area contributed by atoms with Crippen LogP contribution in [0, 0.1) is 0 Å². The maximum atomic E-state index is 13.9. The summed E-state index contributed by atoms with van der Waals surface area (Å²) in [5.41, 5.74) is 4.06. The van der Waals surface area contributed by atoms with Crippen LogP contribution in [0.4, 0.5) is 8.78 Å². The van der Waals surface area contributed by atoms with Crippen molar-refractivity contribution in [2.24, 2.45) is 7.05 Å². The highest BCUT2D eigenvalue weighted by Gasteiger charge is 2.17. The molecule has 0 atom stereocenters. The molecule has 4 rings (SSSR count). The van der Waals surface area contributed by atoms with Crippen molar-refractivity contribution in [2.75, 3.05) is 0 Å². The molecule has 0 unspecified atom stereocenters. The summed E-state index contributed by atoms with van der Waals surface area (Å²) in [5, 5.41) is 0.824. The second kappa shape index (κ2) is 6.60. The molecule has 1 heterocycles. The number of fused-ring (bicyclic) bond motifs is 1. The largest absolute Gasteiger partial charge is 0.350 e. The van der Waals surface area contributed by atoms with E-state index in [2.05, 4.69) is 0 Å². The quantitative estimate of drug-likeness (QED) is 0.399. The van der Waals surface area contributed by atoms with Gasteiger partial charge in [-0.05, 0) is 22.8 Å². The Morgan fingerprint density at radius 2 is 1.35 bits per heavy atom. The lowest BCUT2D eigenvalue weighted by atomic mass is 9.96. The van der Waals surface area contributed by atoms with Gasteiger partial charge in [0.1, 0.15) is 0 Å². The van der Waals surface area contributed by atoms with Gasteiger partial charge in [0.15, 0.2) is 0 Å². The van der Waals surface area contributed by atoms with Crippen LogP contribution in [0.5, 0.6) is 0 Å². The van der Waals surface area contributed by atoms with Crippen molar-refractivity contribution < 1.29 is 8.78 Å². The van der Waals surface area contributed by atoms with E-state index in [1.54, 1.807) is 18.3 Å². The molecule has 0 fully saturated rings. The number of hydrogen-bond acceptors (Lipinski definition) is 0. The van der Waals surface area contributed by atoms with Gasteiger partial charge >= 0.3 is 0 Å². The number of aromatic nitrogens is 1. The highest BCUT2D eigenvalue weighted by atomic mass is 19.3. The summed E-state index contributed by atoms with van der Waals surface area (Å²) in [4.78, 5) is 0. The van der Waals surface area contributed by atoms with Crippen LogP contribution in [-0.4, -0.2) is 4.57 Å². The fourth-order valence-electron chi connectivity index (χ4n) is 3.37. The van der Waals surface area contributed by atoms with E-state index in [9.17, 15) is 8.78 Å². The van der Waals surface area contributed by atoms with Crippen molar-refractivity contribution >= 4 is 16.5 Å². The fourth-order valence-corrected chi connectivity index (χ4v) is 3.37. The summed E-state index contributed by atoms with van der Waals surface area (Å²) in [6.07, 6.45) is 0.0957. The number of rotatable bonds is 3. The first-order valence-corrected chi connectivity index (χ1v) is 8.41. The molecule has 4 aromatic rings. The fraction of sp³-hybridized carbons (Fsp3) is 0.0435. The van der Waals surface area contributed by atoms with E-state index in [0.29, 0.717) is 11.1 Å². The van der Waals surface area contributed by atoms with Gasteiger partial charge in [0.25, 0.3) is 6.08 Å². The highest BCUT2D eigenvalue weighted by Crippen LogP contribution is 2.35. The van der Waals surface area contributed by atoms with Crippen LogP contribution in [0.3, 0.4) is 0 Å². The van der Waals surface area contributed by atoms with Crippen LogP contribution in [0.25, 0.3) is 27.6 Å². The molecule has 1 aromatic heterocycles. The normalized spacial score (nSPS) is 10.9. The Morgan fingerprint density at radius 1 is 0.731 bits per heavy atom. The van der Waals surface area contributed by atoms with Crippen molar-refractivity contribution in [3.05, 3.63) is 102 Å². The number of aryl methyl sites for hydroxylation is 1. The Hall–Kier alpha value is -3.20. The summed E-state index contributed by atoms with van der Waals surface area (Å²) in [6, 6.07) is 24.8. The first kappa shape index (κ1) is 16.3. The van der Waals surface area contributed by atoms with Crippen molar-refractivity contribution in [3.63, 3.8) is 0 Å². The van der Waals surface area contributed by atoms with E-state index in [-0.39, 0.29) is 5.57 Å². The molecule has 0 aliphatic carbocycles. The van der Waals surface area contributed by atoms with Gasteiger partial charge in [-0.25, -0.2) is 0 Å². The van der Waals surface area contributed by atoms with Crippen LogP contribution in [0.2, 0.25) is 0 Å². The van der Waals surface area contributed by atoms with Crippen molar-refractivity contribution in [1.82, 2.24) is 4.57 Å². The lowest BCUT2D eigenvalue weighted by Gasteiger charge is -2.08.